The summed E-state index contributed by atoms with van der Waals surface area (Å²) in [5, 5.41) is 9.51. The van der Waals surface area contributed by atoms with Crippen LogP contribution in [0.3, 0.4) is 0 Å². The number of benzene rings is 2. The summed E-state index contributed by atoms with van der Waals surface area (Å²) < 4.78 is 28.7. The second-order valence-corrected chi connectivity index (χ2v) is 8.09. The molecule has 1 aliphatic rings. The highest BCUT2D eigenvalue weighted by Crippen LogP contribution is 2.49. The number of aromatic amines is 1. The molecule has 2 heterocycles. The van der Waals surface area contributed by atoms with Gasteiger partial charge in [0.15, 0.2) is 18.0 Å². The molecule has 1 saturated heterocycles. The summed E-state index contributed by atoms with van der Waals surface area (Å²) in [4.78, 5) is 50.4. The van der Waals surface area contributed by atoms with Crippen LogP contribution in [0.25, 0.3) is 0 Å². The Labute approximate surface area is 192 Å². The van der Waals surface area contributed by atoms with Gasteiger partial charge in [-0.3, -0.25) is 14.3 Å². The first-order valence-corrected chi connectivity index (χ1v) is 10.4. The molecule has 10 heteroatoms. The van der Waals surface area contributed by atoms with Crippen molar-refractivity contribution >= 4 is 11.9 Å². The number of carboxylic acid groups (broad SMARTS) is 1. The number of rotatable bonds is 5. The Morgan fingerprint density at radius 1 is 1.12 bits per heavy atom. The molecule has 2 aromatic carbocycles. The van der Waals surface area contributed by atoms with Crippen molar-refractivity contribution in [2.24, 2.45) is 0 Å². The number of nitrogens with zero attached hydrogens (tertiary/aromatic N) is 1. The third-order valence-electron chi connectivity index (χ3n) is 5.85. The molecule has 4 atom stereocenters. The molecule has 1 aromatic heterocycles. The molecule has 4 rings (SSSR count). The smallest absolute Gasteiger partial charge is 0.338 e. The van der Waals surface area contributed by atoms with Gasteiger partial charge in [-0.25, -0.2) is 18.8 Å². The van der Waals surface area contributed by atoms with Crippen molar-refractivity contribution < 1.29 is 28.6 Å². The Morgan fingerprint density at radius 3 is 2.47 bits per heavy atom. The molecule has 9 nitrogen and oxygen atoms in total. The lowest BCUT2D eigenvalue weighted by molar-refractivity contribution is -0.0522. The predicted octanol–water partition coefficient (Wildman–Crippen LogP) is 2.77. The molecule has 34 heavy (non-hydrogen) atoms. The number of esters is 1. The fraction of sp³-hybridized carbons (Fsp3) is 0.250. The minimum absolute atomic E-state index is 0.0283. The summed E-state index contributed by atoms with van der Waals surface area (Å²) in [6, 6.07) is 13.4. The molecule has 0 saturated carbocycles. The molecular weight excluding hydrogens is 447 g/mol. The molecule has 0 aliphatic carbocycles. The topological polar surface area (TPSA) is 128 Å². The molecule has 1 aliphatic heterocycles. The van der Waals surface area contributed by atoms with E-state index in [-0.39, 0.29) is 16.7 Å². The maximum absolute atomic E-state index is 16.3. The number of aromatic carboxylic acids is 1. The van der Waals surface area contributed by atoms with Crippen LogP contribution in [0, 0.1) is 6.92 Å². The Bertz CT molecular complexity index is 1360. The SMILES string of the molecule is Cc1c(C(=O)O)cccc1[C@H]1O[C@H](n2ccc(=O)[nH]c2=O)[C@](C)(F)[C@@H]1OC(=O)c1ccccc1. The standard InChI is InChI=1S/C24H21FN2O7/c1-13-15(9-6-10-16(13)20(29)30)18-19(34-21(31)14-7-4-3-5-8-14)24(2,25)22(33-18)27-12-11-17(28)26-23(27)32/h3-12,18-19,22H,1-2H3,(H,29,30)(H,26,28,32)/t18-,19-,22+,24-/m1/s1. The molecule has 0 unspecified atom stereocenters. The number of nitrogens with one attached hydrogen (secondary N) is 1. The Balaban J connectivity index is 1.83. The number of carboxylic acids is 1. The number of ether oxygens (including phenoxy) is 2. The normalized spacial score (nSPS) is 24.0. The van der Waals surface area contributed by atoms with Crippen molar-refractivity contribution in [3.8, 4) is 0 Å². The average molecular weight is 468 g/mol. The summed E-state index contributed by atoms with van der Waals surface area (Å²) in [5.41, 5.74) is -3.29. The molecule has 0 spiro atoms. The van der Waals surface area contributed by atoms with E-state index in [2.05, 4.69) is 0 Å². The van der Waals surface area contributed by atoms with E-state index in [1.54, 1.807) is 24.3 Å². The van der Waals surface area contributed by atoms with Gasteiger partial charge in [-0.15, -0.1) is 0 Å². The quantitative estimate of drug-likeness (QED) is 0.551. The molecule has 0 amide bonds. The number of carbonyl (C=O) groups excluding carboxylic acids is 1. The molecule has 3 aromatic rings. The van der Waals surface area contributed by atoms with Gasteiger partial charge < -0.3 is 14.6 Å². The highest BCUT2D eigenvalue weighted by atomic mass is 19.1. The van der Waals surface area contributed by atoms with Crippen molar-refractivity contribution in [3.05, 3.63) is 104 Å². The number of H-pyrrole nitrogens is 1. The van der Waals surface area contributed by atoms with Crippen LogP contribution < -0.4 is 11.2 Å². The van der Waals surface area contributed by atoms with Gasteiger partial charge in [0, 0.05) is 12.3 Å². The van der Waals surface area contributed by atoms with E-state index >= 15 is 4.39 Å². The van der Waals surface area contributed by atoms with Crippen LogP contribution in [0.4, 0.5) is 4.39 Å². The highest BCUT2D eigenvalue weighted by Gasteiger charge is 2.59. The minimum atomic E-state index is -2.44. The van der Waals surface area contributed by atoms with Crippen LogP contribution >= 0.6 is 0 Å². The zero-order valence-electron chi connectivity index (χ0n) is 18.2. The minimum Gasteiger partial charge on any atom is -0.478 e. The summed E-state index contributed by atoms with van der Waals surface area (Å²) >= 11 is 0. The van der Waals surface area contributed by atoms with E-state index in [9.17, 15) is 24.3 Å². The molecule has 176 valence electrons. The lowest BCUT2D eigenvalue weighted by atomic mass is 9.90. The van der Waals surface area contributed by atoms with Gasteiger partial charge in [-0.1, -0.05) is 30.3 Å². The molecule has 2 N–H and O–H groups in total. The van der Waals surface area contributed by atoms with Crippen LogP contribution in [-0.4, -0.2) is 38.4 Å². The second kappa shape index (κ2) is 8.71. The lowest BCUT2D eigenvalue weighted by Crippen LogP contribution is -2.44. The van der Waals surface area contributed by atoms with Crippen LogP contribution in [-0.2, 0) is 9.47 Å². The van der Waals surface area contributed by atoms with Gasteiger partial charge in [0.05, 0.1) is 11.1 Å². The van der Waals surface area contributed by atoms with E-state index < -0.39 is 47.3 Å². The van der Waals surface area contributed by atoms with Crippen LogP contribution in [0.1, 0.15) is 51.1 Å². The number of aromatic nitrogens is 2. The fourth-order valence-electron chi connectivity index (χ4n) is 4.09. The maximum atomic E-state index is 16.3. The molecule has 0 bridgehead atoms. The summed E-state index contributed by atoms with van der Waals surface area (Å²) in [5.74, 6) is -2.00. The van der Waals surface area contributed by atoms with E-state index in [0.29, 0.717) is 5.56 Å². The first-order valence-electron chi connectivity index (χ1n) is 10.4. The van der Waals surface area contributed by atoms with Crippen LogP contribution in [0.5, 0.6) is 0 Å². The predicted molar refractivity (Wildman–Crippen MR) is 117 cm³/mol. The summed E-state index contributed by atoms with van der Waals surface area (Å²) in [6.07, 6.45) is -3.29. The van der Waals surface area contributed by atoms with E-state index in [1.165, 1.54) is 31.2 Å². The highest BCUT2D eigenvalue weighted by molar-refractivity contribution is 5.90. The maximum Gasteiger partial charge on any atom is 0.338 e. The third-order valence-corrected chi connectivity index (χ3v) is 5.85. The monoisotopic (exact) mass is 468 g/mol. The van der Waals surface area contributed by atoms with Crippen LogP contribution in [0.15, 0.2) is 70.4 Å². The van der Waals surface area contributed by atoms with E-state index in [0.717, 1.165) is 23.8 Å². The first kappa shape index (κ1) is 23.1. The van der Waals surface area contributed by atoms with Crippen molar-refractivity contribution in [1.82, 2.24) is 9.55 Å². The number of alkyl halides is 1. The van der Waals surface area contributed by atoms with Gasteiger partial charge in [0.25, 0.3) is 5.56 Å². The molecule has 1 fully saturated rings. The first-order chi connectivity index (χ1) is 16.1. The van der Waals surface area contributed by atoms with E-state index in [1.807, 2.05) is 4.98 Å². The third kappa shape index (κ3) is 4.03. The van der Waals surface area contributed by atoms with Gasteiger partial charge in [-0.2, -0.15) is 0 Å². The van der Waals surface area contributed by atoms with Crippen molar-refractivity contribution in [2.75, 3.05) is 0 Å². The lowest BCUT2D eigenvalue weighted by Gasteiger charge is -2.28. The number of halogens is 1. The van der Waals surface area contributed by atoms with Gasteiger partial charge >= 0.3 is 17.6 Å². The Hall–Kier alpha value is -4.05. The zero-order chi connectivity index (χ0) is 24.6. The second-order valence-electron chi connectivity index (χ2n) is 8.09. The summed E-state index contributed by atoms with van der Waals surface area (Å²) in [7, 11) is 0. The Kier molecular flexibility index (Phi) is 5.92. The molecule has 0 radical (unpaired) electrons. The number of hydrogen-bond donors (Lipinski definition) is 2. The van der Waals surface area contributed by atoms with Gasteiger partial charge in [-0.05, 0) is 43.2 Å². The van der Waals surface area contributed by atoms with E-state index in [4.69, 9.17) is 9.47 Å². The summed E-state index contributed by atoms with van der Waals surface area (Å²) in [6.45, 7) is 2.65. The van der Waals surface area contributed by atoms with Crippen molar-refractivity contribution in [1.29, 1.82) is 0 Å². The van der Waals surface area contributed by atoms with Crippen molar-refractivity contribution in [3.63, 3.8) is 0 Å². The molecular formula is C24H21FN2O7. The number of hydrogen-bond acceptors (Lipinski definition) is 6. The van der Waals surface area contributed by atoms with Gasteiger partial charge in [0.1, 0.15) is 6.10 Å². The Morgan fingerprint density at radius 2 is 1.82 bits per heavy atom. The fourth-order valence-corrected chi connectivity index (χ4v) is 4.09. The largest absolute Gasteiger partial charge is 0.478 e. The number of carbonyl (C=O) groups is 2. The average Bonchev–Trinajstić information content (AvgIpc) is 3.04. The zero-order valence-corrected chi connectivity index (χ0v) is 18.2. The van der Waals surface area contributed by atoms with Crippen LogP contribution in [0.2, 0.25) is 0 Å². The van der Waals surface area contributed by atoms with Crippen molar-refractivity contribution in [2.45, 2.75) is 38.0 Å². The van der Waals surface area contributed by atoms with Gasteiger partial charge in [0.2, 0.25) is 0 Å².